The number of nitro groups is 1. The van der Waals surface area contributed by atoms with Gasteiger partial charge in [0, 0.05) is 62.9 Å². The van der Waals surface area contributed by atoms with Crippen LogP contribution < -0.4 is 4.74 Å². The summed E-state index contributed by atoms with van der Waals surface area (Å²) in [6.45, 7) is 6.43. The molecule has 1 N–H and O–H groups in total. The lowest BCUT2D eigenvalue weighted by molar-refractivity contribution is -0.384. The first kappa shape index (κ1) is 32.4. The van der Waals surface area contributed by atoms with Gasteiger partial charge in [-0.2, -0.15) is 0 Å². The Hall–Kier alpha value is -3.50. The van der Waals surface area contributed by atoms with Crippen molar-refractivity contribution in [2.24, 2.45) is 17.8 Å². The third-order valence-corrected chi connectivity index (χ3v) is 11.0. The van der Waals surface area contributed by atoms with Crippen LogP contribution in [0.2, 0.25) is 0 Å². The lowest BCUT2D eigenvalue weighted by Crippen LogP contribution is -2.51. The van der Waals surface area contributed by atoms with Gasteiger partial charge in [0.25, 0.3) is 11.6 Å². The molecule has 2 heterocycles. The average Bonchev–Trinajstić information content (AvgIpc) is 3.64. The van der Waals surface area contributed by atoms with Gasteiger partial charge in [-0.15, -0.1) is 0 Å². The number of aliphatic carboxylic acids is 1. The van der Waals surface area contributed by atoms with Crippen molar-refractivity contribution in [3.63, 3.8) is 0 Å². The normalized spacial score (nSPS) is 26.8. The number of hydrogen-bond acceptors (Lipinski definition) is 7. The second-order valence-corrected chi connectivity index (χ2v) is 14.1. The van der Waals surface area contributed by atoms with Gasteiger partial charge in [0.1, 0.15) is 11.8 Å². The summed E-state index contributed by atoms with van der Waals surface area (Å²) in [7, 11) is 0. The van der Waals surface area contributed by atoms with E-state index in [-0.39, 0.29) is 36.2 Å². The molecule has 1 amide bonds. The van der Waals surface area contributed by atoms with Crippen LogP contribution in [0.3, 0.4) is 0 Å². The molecule has 2 aliphatic heterocycles. The molecule has 2 aromatic rings. The lowest BCUT2D eigenvalue weighted by atomic mass is 9.83. The first-order chi connectivity index (χ1) is 22.3. The van der Waals surface area contributed by atoms with Gasteiger partial charge < -0.3 is 19.6 Å². The highest BCUT2D eigenvalue weighted by Gasteiger charge is 2.46. The fourth-order valence-electron chi connectivity index (χ4n) is 8.45. The molecule has 0 radical (unpaired) electrons. The van der Waals surface area contributed by atoms with Crippen LogP contribution in [0, 0.1) is 27.9 Å². The number of nitro benzene ring substituents is 1. The Morgan fingerprint density at radius 1 is 1.00 bits per heavy atom. The second-order valence-electron chi connectivity index (χ2n) is 14.1. The Labute approximate surface area is 271 Å². The molecule has 4 fully saturated rings. The topological polar surface area (TPSA) is 116 Å². The first-order valence-electron chi connectivity index (χ1n) is 17.2. The maximum absolute atomic E-state index is 13.5. The van der Waals surface area contributed by atoms with E-state index in [0.29, 0.717) is 23.5 Å². The Morgan fingerprint density at radius 2 is 1.67 bits per heavy atom. The van der Waals surface area contributed by atoms with Gasteiger partial charge in [-0.25, -0.2) is 0 Å². The van der Waals surface area contributed by atoms with E-state index in [1.165, 1.54) is 36.2 Å². The molecule has 46 heavy (non-hydrogen) atoms. The molecule has 5 atom stereocenters. The van der Waals surface area contributed by atoms with Gasteiger partial charge in [0.05, 0.1) is 4.92 Å². The summed E-state index contributed by atoms with van der Waals surface area (Å²) in [6.07, 6.45) is 8.30. The number of rotatable bonds is 12. The quantitative estimate of drug-likeness (QED) is 0.244. The highest BCUT2D eigenvalue weighted by atomic mass is 16.6. The molecule has 0 bridgehead atoms. The summed E-state index contributed by atoms with van der Waals surface area (Å²) < 4.78 is 5.77. The van der Waals surface area contributed by atoms with Gasteiger partial charge in [-0.1, -0.05) is 56.5 Å². The van der Waals surface area contributed by atoms with Crippen molar-refractivity contribution in [3.8, 4) is 5.75 Å². The van der Waals surface area contributed by atoms with Crippen molar-refractivity contribution in [1.29, 1.82) is 0 Å². The number of nitrogens with zero attached hydrogens (tertiary/aromatic N) is 4. The molecule has 5 unspecified atom stereocenters. The molecular formula is C36H48N4O6. The van der Waals surface area contributed by atoms with Crippen molar-refractivity contribution in [2.75, 3.05) is 39.3 Å². The number of carbonyl (C=O) groups is 2. The number of non-ortho nitro benzene ring substituents is 1. The zero-order valence-corrected chi connectivity index (χ0v) is 26.9. The molecule has 2 aromatic carbocycles. The van der Waals surface area contributed by atoms with Gasteiger partial charge in [0.15, 0.2) is 6.61 Å². The molecule has 248 valence electrons. The van der Waals surface area contributed by atoms with E-state index in [2.05, 4.69) is 45.9 Å². The maximum Gasteiger partial charge on any atom is 0.321 e. The number of ether oxygens (including phenoxy) is 1. The Morgan fingerprint density at radius 3 is 2.28 bits per heavy atom. The smallest absolute Gasteiger partial charge is 0.321 e. The molecule has 2 saturated heterocycles. The largest absolute Gasteiger partial charge is 0.484 e. The summed E-state index contributed by atoms with van der Waals surface area (Å²) >= 11 is 0. The third kappa shape index (κ3) is 7.55. The van der Waals surface area contributed by atoms with Crippen LogP contribution >= 0.6 is 0 Å². The SMILES string of the molecule is CC1CC1N(C(=O)COc1ccc([N+](=O)[O-])cc1)C1CCN(CC2CN(C(C(=O)O)C3CCCCC3)CC2c2ccccc2)CC1. The van der Waals surface area contributed by atoms with Crippen LogP contribution in [0.25, 0.3) is 0 Å². The monoisotopic (exact) mass is 632 g/mol. The highest BCUT2D eigenvalue weighted by molar-refractivity contribution is 5.79. The van der Waals surface area contributed by atoms with Crippen molar-refractivity contribution in [3.05, 3.63) is 70.3 Å². The Kier molecular flexibility index (Phi) is 10.2. The zero-order chi connectivity index (χ0) is 32.2. The number of likely N-dealkylation sites (tertiary alicyclic amines) is 2. The average molecular weight is 633 g/mol. The number of piperidine rings is 1. The highest BCUT2D eigenvalue weighted by Crippen LogP contribution is 2.40. The number of carbonyl (C=O) groups excluding carboxylic acids is 1. The van der Waals surface area contributed by atoms with Crippen LogP contribution in [0.5, 0.6) is 5.75 Å². The minimum atomic E-state index is -0.670. The summed E-state index contributed by atoms with van der Waals surface area (Å²) in [6, 6.07) is 16.5. The summed E-state index contributed by atoms with van der Waals surface area (Å²) in [5, 5.41) is 21.3. The standard InChI is InChI=1S/C36H48N4O6/c1-25-20-33(25)39(34(41)24-46-31-14-12-30(13-15-31)40(44)45)29-16-18-37(19-17-29)21-28-22-38(23-32(28)26-8-4-2-5-9-26)35(36(42)43)27-10-6-3-7-11-27/h2,4-5,8-9,12-15,25,27-29,32-33,35H,3,6-7,10-11,16-24H2,1H3,(H,42,43). The minimum absolute atomic E-state index is 0.00908. The van der Waals surface area contributed by atoms with E-state index in [9.17, 15) is 24.8 Å². The van der Waals surface area contributed by atoms with Crippen molar-refractivity contribution in [1.82, 2.24) is 14.7 Å². The van der Waals surface area contributed by atoms with Crippen molar-refractivity contribution < 1.29 is 24.4 Å². The lowest BCUT2D eigenvalue weighted by Gasteiger charge is -2.40. The predicted octanol–water partition coefficient (Wildman–Crippen LogP) is 5.42. The molecule has 4 aliphatic rings. The van der Waals surface area contributed by atoms with Crippen LogP contribution in [0.1, 0.15) is 69.8 Å². The summed E-state index contributed by atoms with van der Waals surface area (Å²) in [5.41, 5.74) is 1.29. The number of amides is 1. The van der Waals surface area contributed by atoms with E-state index < -0.39 is 16.9 Å². The second kappa shape index (κ2) is 14.5. The minimum Gasteiger partial charge on any atom is -0.484 e. The van der Waals surface area contributed by atoms with Gasteiger partial charge in [0.2, 0.25) is 0 Å². The van der Waals surface area contributed by atoms with E-state index in [1.54, 1.807) is 0 Å². The molecule has 10 heteroatoms. The molecule has 2 aliphatic carbocycles. The molecule has 0 spiro atoms. The first-order valence-corrected chi connectivity index (χ1v) is 17.2. The fourth-order valence-corrected chi connectivity index (χ4v) is 8.45. The number of carboxylic acids is 1. The molecule has 10 nitrogen and oxygen atoms in total. The van der Waals surface area contributed by atoms with Crippen molar-refractivity contribution in [2.45, 2.75) is 82.3 Å². The Bertz CT molecular complexity index is 1340. The third-order valence-electron chi connectivity index (χ3n) is 11.0. The van der Waals surface area contributed by atoms with Crippen molar-refractivity contribution >= 4 is 17.6 Å². The number of hydrogen-bond donors (Lipinski definition) is 1. The van der Waals surface area contributed by atoms with E-state index >= 15 is 0 Å². The number of carboxylic acid groups (broad SMARTS) is 1. The van der Waals surface area contributed by atoms with Crippen LogP contribution in [-0.4, -0.2) is 94.1 Å². The fraction of sp³-hybridized carbons (Fsp3) is 0.611. The maximum atomic E-state index is 13.5. The number of benzene rings is 2. The van der Waals surface area contributed by atoms with Gasteiger partial charge in [-0.05, 0) is 67.6 Å². The van der Waals surface area contributed by atoms with E-state index in [0.717, 1.165) is 77.7 Å². The van der Waals surface area contributed by atoms with Gasteiger partial charge >= 0.3 is 5.97 Å². The summed E-state index contributed by atoms with van der Waals surface area (Å²) in [4.78, 5) is 43.5. The molecular weight excluding hydrogens is 584 g/mol. The summed E-state index contributed by atoms with van der Waals surface area (Å²) in [5.74, 6) is 1.11. The van der Waals surface area contributed by atoms with Crippen LogP contribution in [0.4, 0.5) is 5.69 Å². The molecule has 0 aromatic heterocycles. The van der Waals surface area contributed by atoms with E-state index in [4.69, 9.17) is 4.74 Å². The van der Waals surface area contributed by atoms with Gasteiger partial charge in [-0.3, -0.25) is 24.6 Å². The zero-order valence-electron chi connectivity index (χ0n) is 26.9. The van der Waals surface area contributed by atoms with E-state index in [1.807, 2.05) is 6.07 Å². The van der Waals surface area contributed by atoms with Crippen LogP contribution in [-0.2, 0) is 9.59 Å². The molecule has 6 rings (SSSR count). The van der Waals surface area contributed by atoms with Crippen LogP contribution in [0.15, 0.2) is 54.6 Å². The molecule has 2 saturated carbocycles. The Balaban J connectivity index is 1.08. The predicted molar refractivity (Wildman–Crippen MR) is 175 cm³/mol.